The highest BCUT2D eigenvalue weighted by atomic mass is 32.2. The first-order chi connectivity index (χ1) is 9.45. The molecule has 0 unspecified atom stereocenters. The second-order valence-electron chi connectivity index (χ2n) is 3.85. The highest BCUT2D eigenvalue weighted by molar-refractivity contribution is 7.92. The number of hydrogen-bond donors (Lipinski definition) is 2. The quantitative estimate of drug-likeness (QED) is 0.907. The third-order valence-electron chi connectivity index (χ3n) is 2.52. The smallest absolute Gasteiger partial charge is 0.265 e. The van der Waals surface area contributed by atoms with Crippen molar-refractivity contribution in [3.8, 4) is 11.8 Å². The molecule has 0 aliphatic rings. The van der Waals surface area contributed by atoms with Gasteiger partial charge >= 0.3 is 0 Å². The molecule has 0 aromatic heterocycles. The molecule has 7 heteroatoms. The Kier molecular flexibility index (Phi) is 3.59. The van der Waals surface area contributed by atoms with Gasteiger partial charge in [-0.3, -0.25) is 4.72 Å². The van der Waals surface area contributed by atoms with Gasteiger partial charge in [0.15, 0.2) is 0 Å². The first kappa shape index (κ1) is 13.8. The Hall–Kier alpha value is -2.59. The van der Waals surface area contributed by atoms with Crippen LogP contribution in [0.5, 0.6) is 5.75 Å². The van der Waals surface area contributed by atoms with Crippen LogP contribution in [0.4, 0.5) is 10.1 Å². The maximum Gasteiger partial charge on any atom is 0.265 e. The molecular formula is C13H9FN2O3S. The average molecular weight is 292 g/mol. The van der Waals surface area contributed by atoms with E-state index in [4.69, 9.17) is 5.26 Å². The van der Waals surface area contributed by atoms with Gasteiger partial charge in [0.1, 0.15) is 28.1 Å². The summed E-state index contributed by atoms with van der Waals surface area (Å²) in [6, 6.07) is 10.5. The molecule has 0 amide bonds. The molecule has 0 atom stereocenters. The van der Waals surface area contributed by atoms with Crippen molar-refractivity contribution in [3.63, 3.8) is 0 Å². The Morgan fingerprint density at radius 3 is 2.50 bits per heavy atom. The highest BCUT2D eigenvalue weighted by Gasteiger charge is 2.20. The van der Waals surface area contributed by atoms with Crippen LogP contribution in [-0.2, 0) is 10.0 Å². The number of benzene rings is 2. The molecule has 0 fully saturated rings. The number of halogens is 1. The summed E-state index contributed by atoms with van der Waals surface area (Å²) in [6.07, 6.45) is 0. The van der Waals surface area contributed by atoms with E-state index in [9.17, 15) is 17.9 Å². The Bertz CT molecular complexity index is 798. The number of para-hydroxylation sites is 1. The molecule has 102 valence electrons. The first-order valence-corrected chi connectivity index (χ1v) is 6.93. The third-order valence-corrected chi connectivity index (χ3v) is 3.94. The Morgan fingerprint density at radius 1 is 1.15 bits per heavy atom. The number of anilines is 1. The molecule has 0 spiro atoms. The zero-order chi connectivity index (χ0) is 14.8. The lowest BCUT2D eigenvalue weighted by Crippen LogP contribution is -2.14. The SMILES string of the molecule is N#Cc1c(F)cccc1NS(=O)(=O)c1ccccc1O. The van der Waals surface area contributed by atoms with Crippen molar-refractivity contribution in [1.82, 2.24) is 0 Å². The van der Waals surface area contributed by atoms with Crippen LogP contribution in [0.1, 0.15) is 5.56 Å². The van der Waals surface area contributed by atoms with E-state index < -0.39 is 27.2 Å². The number of sulfonamides is 1. The van der Waals surface area contributed by atoms with E-state index in [1.54, 1.807) is 6.07 Å². The van der Waals surface area contributed by atoms with Crippen LogP contribution in [0.15, 0.2) is 47.4 Å². The van der Waals surface area contributed by atoms with Crippen molar-refractivity contribution in [3.05, 3.63) is 53.8 Å². The normalized spacial score (nSPS) is 10.8. The minimum Gasteiger partial charge on any atom is -0.507 e. The van der Waals surface area contributed by atoms with Crippen molar-refractivity contribution in [2.45, 2.75) is 4.90 Å². The Morgan fingerprint density at radius 2 is 1.85 bits per heavy atom. The van der Waals surface area contributed by atoms with Gasteiger partial charge in [0, 0.05) is 0 Å². The van der Waals surface area contributed by atoms with Gasteiger partial charge in [-0.1, -0.05) is 18.2 Å². The monoisotopic (exact) mass is 292 g/mol. The van der Waals surface area contributed by atoms with E-state index in [1.807, 2.05) is 0 Å². The summed E-state index contributed by atoms with van der Waals surface area (Å²) in [5, 5.41) is 18.4. The van der Waals surface area contributed by atoms with Crippen molar-refractivity contribution < 1.29 is 17.9 Å². The van der Waals surface area contributed by atoms with Gasteiger partial charge in [0.25, 0.3) is 10.0 Å². The lowest BCUT2D eigenvalue weighted by atomic mass is 10.2. The minimum atomic E-state index is -4.11. The van der Waals surface area contributed by atoms with Crippen molar-refractivity contribution >= 4 is 15.7 Å². The van der Waals surface area contributed by atoms with E-state index in [0.717, 1.165) is 6.07 Å². The minimum absolute atomic E-state index is 0.184. The summed E-state index contributed by atoms with van der Waals surface area (Å²) in [5.74, 6) is -1.26. The number of nitrogens with one attached hydrogen (secondary N) is 1. The summed E-state index contributed by atoms with van der Waals surface area (Å²) >= 11 is 0. The number of rotatable bonds is 3. The molecular weight excluding hydrogens is 283 g/mol. The molecule has 0 aliphatic heterocycles. The van der Waals surface area contributed by atoms with Gasteiger partial charge in [-0.15, -0.1) is 0 Å². The van der Waals surface area contributed by atoms with Crippen molar-refractivity contribution in [2.24, 2.45) is 0 Å². The van der Waals surface area contributed by atoms with Crippen LogP contribution in [0.2, 0.25) is 0 Å². The van der Waals surface area contributed by atoms with Crippen LogP contribution in [0.3, 0.4) is 0 Å². The van der Waals surface area contributed by atoms with Gasteiger partial charge in [-0.25, -0.2) is 12.8 Å². The summed E-state index contributed by atoms with van der Waals surface area (Å²) < 4.78 is 39.7. The summed E-state index contributed by atoms with van der Waals surface area (Å²) in [5.41, 5.74) is -0.595. The predicted octanol–water partition coefficient (Wildman–Crippen LogP) is 2.20. The number of phenolic OH excluding ortho intramolecular Hbond substituents is 1. The zero-order valence-electron chi connectivity index (χ0n) is 10.0. The lowest BCUT2D eigenvalue weighted by molar-refractivity contribution is 0.459. The van der Waals surface area contributed by atoms with Crippen LogP contribution >= 0.6 is 0 Å². The Labute approximate surface area is 115 Å². The van der Waals surface area contributed by atoms with Gasteiger partial charge in [0.2, 0.25) is 0 Å². The topological polar surface area (TPSA) is 90.2 Å². The van der Waals surface area contributed by atoms with E-state index in [0.29, 0.717) is 0 Å². The molecule has 2 aromatic rings. The van der Waals surface area contributed by atoms with Crippen LogP contribution in [0.25, 0.3) is 0 Å². The van der Waals surface area contributed by atoms with Gasteiger partial charge < -0.3 is 5.11 Å². The van der Waals surface area contributed by atoms with Crippen molar-refractivity contribution in [2.75, 3.05) is 4.72 Å². The maximum atomic E-state index is 13.4. The summed E-state index contributed by atoms with van der Waals surface area (Å²) in [7, 11) is -4.11. The van der Waals surface area contributed by atoms with Crippen LogP contribution in [0, 0.1) is 17.1 Å². The summed E-state index contributed by atoms with van der Waals surface area (Å²) in [4.78, 5) is -0.354. The van der Waals surface area contributed by atoms with E-state index in [1.165, 1.54) is 36.4 Å². The number of hydrogen-bond acceptors (Lipinski definition) is 4. The van der Waals surface area contributed by atoms with Gasteiger partial charge in [-0.05, 0) is 24.3 Å². The van der Waals surface area contributed by atoms with Gasteiger partial charge in [-0.2, -0.15) is 5.26 Å². The fourth-order valence-corrected chi connectivity index (χ4v) is 2.78. The number of nitrogens with zero attached hydrogens (tertiary/aromatic N) is 1. The van der Waals surface area contributed by atoms with E-state index in [2.05, 4.69) is 4.72 Å². The van der Waals surface area contributed by atoms with Crippen LogP contribution in [-0.4, -0.2) is 13.5 Å². The Balaban J connectivity index is 2.48. The van der Waals surface area contributed by atoms with Crippen LogP contribution < -0.4 is 4.72 Å². The van der Waals surface area contributed by atoms with Crippen molar-refractivity contribution in [1.29, 1.82) is 5.26 Å². The largest absolute Gasteiger partial charge is 0.507 e. The number of nitriles is 1. The average Bonchev–Trinajstić information content (AvgIpc) is 2.39. The summed E-state index contributed by atoms with van der Waals surface area (Å²) in [6.45, 7) is 0. The molecule has 2 rings (SSSR count). The maximum absolute atomic E-state index is 13.4. The standard InChI is InChI=1S/C13H9FN2O3S/c14-10-4-3-5-11(9(10)8-15)16-20(18,19)13-7-2-1-6-12(13)17/h1-7,16-17H. The van der Waals surface area contributed by atoms with Gasteiger partial charge in [0.05, 0.1) is 5.69 Å². The molecule has 0 bridgehead atoms. The molecule has 0 saturated heterocycles. The fraction of sp³-hybridized carbons (Fsp3) is 0. The molecule has 0 heterocycles. The molecule has 0 saturated carbocycles. The molecule has 2 aromatic carbocycles. The third kappa shape index (κ3) is 2.55. The predicted molar refractivity (Wildman–Crippen MR) is 70.0 cm³/mol. The molecule has 0 aliphatic carbocycles. The molecule has 2 N–H and O–H groups in total. The number of phenols is 1. The second kappa shape index (κ2) is 5.19. The molecule has 5 nitrogen and oxygen atoms in total. The van der Waals surface area contributed by atoms with E-state index in [-0.39, 0.29) is 10.6 Å². The lowest BCUT2D eigenvalue weighted by Gasteiger charge is -2.10. The molecule has 0 radical (unpaired) electrons. The molecule has 20 heavy (non-hydrogen) atoms. The number of aromatic hydroxyl groups is 1. The zero-order valence-corrected chi connectivity index (χ0v) is 10.9. The highest BCUT2D eigenvalue weighted by Crippen LogP contribution is 2.26. The first-order valence-electron chi connectivity index (χ1n) is 5.45. The second-order valence-corrected chi connectivity index (χ2v) is 5.50. The fourth-order valence-electron chi connectivity index (χ4n) is 1.61. The van der Waals surface area contributed by atoms with E-state index >= 15 is 0 Å².